The summed E-state index contributed by atoms with van der Waals surface area (Å²) in [6.07, 6.45) is 1.66. The monoisotopic (exact) mass is 265 g/mol. The second kappa shape index (κ2) is 7.33. The number of ether oxygens (including phenoxy) is 1. The molecule has 0 unspecified atom stereocenters. The van der Waals surface area contributed by atoms with Gasteiger partial charge in [0.25, 0.3) is 0 Å². The standard InChI is InChI=1S/C14H16O4.H3N/c1-9-4-5-12(11(3)10(9)2)8-18-14(17)7-6-13(15)16;/h4-7H,8H2,1-3H3,(H,15,16);1H3/b7-6-;. The van der Waals surface area contributed by atoms with E-state index in [0.29, 0.717) is 0 Å². The van der Waals surface area contributed by atoms with E-state index in [0.717, 1.165) is 23.3 Å². The maximum Gasteiger partial charge on any atom is 0.331 e. The van der Waals surface area contributed by atoms with Gasteiger partial charge in [0.2, 0.25) is 0 Å². The van der Waals surface area contributed by atoms with E-state index in [-0.39, 0.29) is 12.8 Å². The molecule has 0 bridgehead atoms. The Labute approximate surface area is 112 Å². The molecule has 0 aliphatic carbocycles. The van der Waals surface area contributed by atoms with Crippen LogP contribution in [-0.2, 0) is 20.9 Å². The number of carbonyl (C=O) groups excluding carboxylic acids is 1. The third kappa shape index (κ3) is 4.93. The van der Waals surface area contributed by atoms with Gasteiger partial charge in [-0.3, -0.25) is 0 Å². The predicted octanol–water partition coefficient (Wildman–Crippen LogP) is 2.46. The molecule has 0 aliphatic heterocycles. The zero-order valence-electron chi connectivity index (χ0n) is 11.4. The van der Waals surface area contributed by atoms with Gasteiger partial charge in [0.1, 0.15) is 6.61 Å². The van der Waals surface area contributed by atoms with Crippen LogP contribution >= 0.6 is 0 Å². The normalized spacial score (nSPS) is 10.1. The lowest BCUT2D eigenvalue weighted by molar-refractivity contribution is -0.139. The Balaban J connectivity index is 0.00000324. The molecule has 0 amide bonds. The van der Waals surface area contributed by atoms with E-state index < -0.39 is 11.9 Å². The van der Waals surface area contributed by atoms with Gasteiger partial charge in [0.15, 0.2) is 0 Å². The van der Waals surface area contributed by atoms with Crippen LogP contribution in [0.3, 0.4) is 0 Å². The Kier molecular flexibility index (Phi) is 6.50. The summed E-state index contributed by atoms with van der Waals surface area (Å²) in [5, 5.41) is 8.36. The lowest BCUT2D eigenvalue weighted by atomic mass is 9.99. The number of carbonyl (C=O) groups is 2. The number of esters is 1. The summed E-state index contributed by atoms with van der Waals surface area (Å²) >= 11 is 0. The second-order valence-electron chi connectivity index (χ2n) is 4.07. The van der Waals surface area contributed by atoms with E-state index in [4.69, 9.17) is 9.84 Å². The average molecular weight is 265 g/mol. The number of carboxylic acids is 1. The van der Waals surface area contributed by atoms with Crippen LogP contribution in [0, 0.1) is 20.8 Å². The van der Waals surface area contributed by atoms with Crippen LogP contribution < -0.4 is 6.15 Å². The number of aliphatic carboxylic acids is 1. The van der Waals surface area contributed by atoms with E-state index in [1.54, 1.807) is 0 Å². The Hall–Kier alpha value is -2.14. The Morgan fingerprint density at radius 2 is 1.79 bits per heavy atom. The third-order valence-corrected chi connectivity index (χ3v) is 2.90. The van der Waals surface area contributed by atoms with Crippen LogP contribution in [-0.4, -0.2) is 17.0 Å². The van der Waals surface area contributed by atoms with E-state index in [2.05, 4.69) is 0 Å². The van der Waals surface area contributed by atoms with Gasteiger partial charge in [0.05, 0.1) is 0 Å². The van der Waals surface area contributed by atoms with Crippen molar-refractivity contribution < 1.29 is 19.4 Å². The Morgan fingerprint density at radius 3 is 2.37 bits per heavy atom. The van der Waals surface area contributed by atoms with Crippen LogP contribution in [0.15, 0.2) is 24.3 Å². The highest BCUT2D eigenvalue weighted by Gasteiger charge is 2.06. The average Bonchev–Trinajstić information content (AvgIpc) is 2.32. The van der Waals surface area contributed by atoms with Crippen molar-refractivity contribution in [2.45, 2.75) is 27.4 Å². The molecule has 0 fully saturated rings. The SMILES string of the molecule is Cc1ccc(COC(=O)/C=C\C(=O)O)c(C)c1C.N. The van der Waals surface area contributed by atoms with Gasteiger partial charge in [0, 0.05) is 12.2 Å². The van der Waals surface area contributed by atoms with E-state index in [9.17, 15) is 9.59 Å². The number of benzene rings is 1. The Morgan fingerprint density at radius 1 is 1.16 bits per heavy atom. The fourth-order valence-electron chi connectivity index (χ4n) is 1.50. The van der Waals surface area contributed by atoms with Crippen LogP contribution in [0.25, 0.3) is 0 Å². The summed E-state index contributed by atoms with van der Waals surface area (Å²) in [5.74, 6) is -1.83. The summed E-state index contributed by atoms with van der Waals surface area (Å²) in [6, 6.07) is 3.88. The van der Waals surface area contributed by atoms with Crippen molar-refractivity contribution >= 4 is 11.9 Å². The quantitative estimate of drug-likeness (QED) is 0.643. The van der Waals surface area contributed by atoms with E-state index in [1.165, 1.54) is 11.1 Å². The van der Waals surface area contributed by atoms with E-state index in [1.807, 2.05) is 32.9 Å². The summed E-state index contributed by atoms with van der Waals surface area (Å²) in [6.45, 7) is 6.16. The van der Waals surface area contributed by atoms with Crippen molar-refractivity contribution in [3.05, 3.63) is 46.5 Å². The smallest absolute Gasteiger partial charge is 0.331 e. The van der Waals surface area contributed by atoms with Crippen LogP contribution in [0.1, 0.15) is 22.3 Å². The first-order valence-electron chi connectivity index (χ1n) is 5.55. The molecule has 0 atom stereocenters. The fraction of sp³-hybridized carbons (Fsp3) is 0.286. The number of hydrogen-bond acceptors (Lipinski definition) is 4. The molecule has 0 aromatic heterocycles. The molecule has 0 spiro atoms. The molecule has 1 aromatic rings. The van der Waals surface area contributed by atoms with E-state index >= 15 is 0 Å². The minimum atomic E-state index is -1.17. The van der Waals surface area contributed by atoms with Crippen molar-refractivity contribution in [3.8, 4) is 0 Å². The molecular weight excluding hydrogens is 246 g/mol. The second-order valence-corrected chi connectivity index (χ2v) is 4.07. The summed E-state index contributed by atoms with van der Waals surface area (Å²) < 4.78 is 4.97. The molecule has 1 rings (SSSR count). The first-order valence-corrected chi connectivity index (χ1v) is 5.55. The molecular formula is C14H19NO4. The highest BCUT2D eigenvalue weighted by Crippen LogP contribution is 2.17. The molecule has 0 radical (unpaired) electrons. The van der Waals surface area contributed by atoms with Crippen molar-refractivity contribution in [3.63, 3.8) is 0 Å². The van der Waals surface area contributed by atoms with Crippen molar-refractivity contribution in [2.75, 3.05) is 0 Å². The number of aryl methyl sites for hydroxylation is 1. The van der Waals surface area contributed by atoms with Gasteiger partial charge in [-0.15, -0.1) is 0 Å². The molecule has 0 aliphatic rings. The molecule has 4 N–H and O–H groups in total. The number of carboxylic acid groups (broad SMARTS) is 1. The minimum Gasteiger partial charge on any atom is -0.478 e. The van der Waals surface area contributed by atoms with Gasteiger partial charge < -0.3 is 16.0 Å². The summed E-state index contributed by atoms with van der Waals surface area (Å²) in [4.78, 5) is 21.4. The molecule has 5 heteroatoms. The molecule has 0 saturated heterocycles. The lowest BCUT2D eigenvalue weighted by Crippen LogP contribution is -2.04. The van der Waals surface area contributed by atoms with Gasteiger partial charge in [-0.1, -0.05) is 12.1 Å². The summed E-state index contributed by atoms with van der Waals surface area (Å²) in [5.41, 5.74) is 4.37. The van der Waals surface area contributed by atoms with Gasteiger partial charge in [-0.05, 0) is 43.0 Å². The molecule has 0 heterocycles. The first kappa shape index (κ1) is 16.9. The lowest BCUT2D eigenvalue weighted by Gasteiger charge is -2.10. The minimum absolute atomic E-state index is 0. The molecule has 19 heavy (non-hydrogen) atoms. The van der Waals surface area contributed by atoms with Crippen molar-refractivity contribution in [2.24, 2.45) is 0 Å². The maximum atomic E-state index is 11.2. The number of hydrogen-bond donors (Lipinski definition) is 2. The van der Waals surface area contributed by atoms with Crippen LogP contribution in [0.5, 0.6) is 0 Å². The first-order chi connectivity index (χ1) is 8.41. The zero-order chi connectivity index (χ0) is 13.7. The zero-order valence-corrected chi connectivity index (χ0v) is 11.4. The summed E-state index contributed by atoms with van der Waals surface area (Å²) in [7, 11) is 0. The number of rotatable bonds is 4. The molecule has 0 saturated carbocycles. The van der Waals surface area contributed by atoms with Gasteiger partial charge in [-0.25, -0.2) is 9.59 Å². The van der Waals surface area contributed by atoms with Crippen molar-refractivity contribution in [1.29, 1.82) is 0 Å². The largest absolute Gasteiger partial charge is 0.478 e. The molecule has 1 aromatic carbocycles. The topological polar surface area (TPSA) is 98.6 Å². The maximum absolute atomic E-state index is 11.2. The molecule has 5 nitrogen and oxygen atoms in total. The Bertz CT molecular complexity index is 506. The third-order valence-electron chi connectivity index (χ3n) is 2.90. The van der Waals surface area contributed by atoms with Crippen LogP contribution in [0.2, 0.25) is 0 Å². The van der Waals surface area contributed by atoms with Crippen molar-refractivity contribution in [1.82, 2.24) is 6.15 Å². The molecule has 104 valence electrons. The highest BCUT2D eigenvalue weighted by atomic mass is 16.5. The fourth-order valence-corrected chi connectivity index (χ4v) is 1.50. The predicted molar refractivity (Wildman–Crippen MR) is 72.2 cm³/mol. The van der Waals surface area contributed by atoms with Gasteiger partial charge >= 0.3 is 11.9 Å². The van der Waals surface area contributed by atoms with Crippen LogP contribution in [0.4, 0.5) is 0 Å². The van der Waals surface area contributed by atoms with Gasteiger partial charge in [-0.2, -0.15) is 0 Å². The highest BCUT2D eigenvalue weighted by molar-refractivity contribution is 5.90.